The molecule has 15 heavy (non-hydrogen) atoms. The Morgan fingerprint density at radius 3 is 3.20 bits per heavy atom. The standard InChI is InChI=1S/C10H17N3OS/c11-13-9(5-8-6-12-7-15-8)10-3-1-2-4-14-10/h6-7,9-10,13H,1-5,11H2. The molecule has 2 unspecified atom stereocenters. The molecule has 5 heteroatoms. The molecular weight excluding hydrogens is 210 g/mol. The van der Waals surface area contributed by atoms with Crippen LogP contribution in [0.25, 0.3) is 0 Å². The lowest BCUT2D eigenvalue weighted by Gasteiger charge is -2.29. The van der Waals surface area contributed by atoms with Crippen LogP contribution in [0.2, 0.25) is 0 Å². The highest BCUT2D eigenvalue weighted by Crippen LogP contribution is 2.19. The summed E-state index contributed by atoms with van der Waals surface area (Å²) in [6.07, 6.45) is 6.59. The van der Waals surface area contributed by atoms with Gasteiger partial charge in [-0.15, -0.1) is 11.3 Å². The van der Waals surface area contributed by atoms with Crippen molar-refractivity contribution in [1.29, 1.82) is 0 Å². The zero-order chi connectivity index (χ0) is 10.5. The van der Waals surface area contributed by atoms with Crippen LogP contribution in [0.4, 0.5) is 0 Å². The molecule has 4 nitrogen and oxygen atoms in total. The van der Waals surface area contributed by atoms with Crippen molar-refractivity contribution in [2.75, 3.05) is 6.61 Å². The Bertz CT molecular complexity index is 272. The first kappa shape index (κ1) is 11.0. The monoisotopic (exact) mass is 227 g/mol. The van der Waals surface area contributed by atoms with Crippen LogP contribution < -0.4 is 11.3 Å². The fourth-order valence-corrected chi connectivity index (χ4v) is 2.59. The van der Waals surface area contributed by atoms with E-state index in [1.165, 1.54) is 17.7 Å². The molecule has 0 saturated carbocycles. The maximum atomic E-state index is 5.72. The summed E-state index contributed by atoms with van der Waals surface area (Å²) in [4.78, 5) is 5.32. The first-order chi connectivity index (χ1) is 7.40. The van der Waals surface area contributed by atoms with Crippen molar-refractivity contribution in [1.82, 2.24) is 10.4 Å². The molecule has 1 aromatic heterocycles. The van der Waals surface area contributed by atoms with Crippen molar-refractivity contribution < 1.29 is 4.74 Å². The molecule has 84 valence electrons. The van der Waals surface area contributed by atoms with E-state index in [1.54, 1.807) is 11.3 Å². The van der Waals surface area contributed by atoms with Gasteiger partial charge in [0.15, 0.2) is 0 Å². The topological polar surface area (TPSA) is 60.2 Å². The number of nitrogens with zero attached hydrogens (tertiary/aromatic N) is 1. The summed E-state index contributed by atoms with van der Waals surface area (Å²) in [6.45, 7) is 0.867. The molecule has 1 aromatic rings. The molecule has 1 saturated heterocycles. The van der Waals surface area contributed by atoms with Gasteiger partial charge in [0.1, 0.15) is 0 Å². The lowest BCUT2D eigenvalue weighted by molar-refractivity contribution is -0.00729. The highest BCUT2D eigenvalue weighted by Gasteiger charge is 2.24. The Morgan fingerprint density at radius 2 is 2.60 bits per heavy atom. The number of hydrazine groups is 1. The van der Waals surface area contributed by atoms with Crippen LogP contribution in [-0.2, 0) is 11.2 Å². The third-order valence-electron chi connectivity index (χ3n) is 2.78. The number of thiazole rings is 1. The van der Waals surface area contributed by atoms with Gasteiger partial charge in [-0.05, 0) is 19.3 Å². The summed E-state index contributed by atoms with van der Waals surface area (Å²) in [5.74, 6) is 5.57. The van der Waals surface area contributed by atoms with Gasteiger partial charge in [0.25, 0.3) is 0 Å². The Morgan fingerprint density at radius 1 is 1.67 bits per heavy atom. The second-order valence-corrected chi connectivity index (χ2v) is 4.82. The highest BCUT2D eigenvalue weighted by atomic mass is 32.1. The molecule has 0 amide bonds. The number of aromatic nitrogens is 1. The van der Waals surface area contributed by atoms with E-state index in [-0.39, 0.29) is 12.1 Å². The molecule has 3 N–H and O–H groups in total. The number of nitrogens with one attached hydrogen (secondary N) is 1. The largest absolute Gasteiger partial charge is 0.377 e. The van der Waals surface area contributed by atoms with Crippen LogP contribution in [0.1, 0.15) is 24.1 Å². The number of rotatable bonds is 4. The van der Waals surface area contributed by atoms with Gasteiger partial charge in [-0.25, -0.2) is 0 Å². The quantitative estimate of drug-likeness (QED) is 0.597. The third kappa shape index (κ3) is 2.98. The Balaban J connectivity index is 1.91. The smallest absolute Gasteiger partial charge is 0.0794 e. The molecule has 2 atom stereocenters. The zero-order valence-electron chi connectivity index (χ0n) is 8.69. The van der Waals surface area contributed by atoms with Crippen LogP contribution >= 0.6 is 11.3 Å². The van der Waals surface area contributed by atoms with E-state index in [9.17, 15) is 0 Å². The number of nitrogens with two attached hydrogens (primary N) is 1. The van der Waals surface area contributed by atoms with E-state index in [1.807, 2.05) is 11.7 Å². The zero-order valence-corrected chi connectivity index (χ0v) is 9.50. The average molecular weight is 227 g/mol. The molecule has 2 heterocycles. The van der Waals surface area contributed by atoms with Gasteiger partial charge in [-0.2, -0.15) is 0 Å². The Hall–Kier alpha value is -0.490. The van der Waals surface area contributed by atoms with E-state index in [2.05, 4.69) is 10.4 Å². The molecule has 0 aromatic carbocycles. The van der Waals surface area contributed by atoms with Crippen molar-refractivity contribution in [3.63, 3.8) is 0 Å². The molecule has 1 aliphatic heterocycles. The highest BCUT2D eigenvalue weighted by molar-refractivity contribution is 7.09. The first-order valence-electron chi connectivity index (χ1n) is 5.35. The molecule has 0 aliphatic carbocycles. The predicted molar refractivity (Wildman–Crippen MR) is 60.5 cm³/mol. The van der Waals surface area contributed by atoms with Gasteiger partial charge in [0.2, 0.25) is 0 Å². The molecular formula is C10H17N3OS. The molecule has 0 radical (unpaired) electrons. The van der Waals surface area contributed by atoms with Crippen LogP contribution in [0.3, 0.4) is 0 Å². The lowest BCUT2D eigenvalue weighted by Crippen LogP contribution is -2.47. The summed E-state index contributed by atoms with van der Waals surface area (Å²) in [7, 11) is 0. The van der Waals surface area contributed by atoms with Gasteiger partial charge in [0, 0.05) is 24.1 Å². The molecule has 0 spiro atoms. The fourth-order valence-electron chi connectivity index (χ4n) is 1.94. The maximum absolute atomic E-state index is 5.72. The van der Waals surface area contributed by atoms with Gasteiger partial charge < -0.3 is 4.74 Å². The summed E-state index contributed by atoms with van der Waals surface area (Å²) < 4.78 is 5.72. The van der Waals surface area contributed by atoms with Crippen molar-refractivity contribution in [3.05, 3.63) is 16.6 Å². The summed E-state index contributed by atoms with van der Waals surface area (Å²) in [5, 5.41) is 0. The Kier molecular flexibility index (Phi) is 4.08. The minimum atomic E-state index is 0.214. The third-order valence-corrected chi connectivity index (χ3v) is 3.58. The lowest BCUT2D eigenvalue weighted by atomic mass is 10.00. The van der Waals surface area contributed by atoms with E-state index in [4.69, 9.17) is 10.6 Å². The summed E-state index contributed by atoms with van der Waals surface area (Å²) in [5.41, 5.74) is 4.72. The number of hydrogen-bond donors (Lipinski definition) is 2. The molecule has 0 bridgehead atoms. The van der Waals surface area contributed by atoms with Crippen molar-refractivity contribution in [2.45, 2.75) is 37.8 Å². The van der Waals surface area contributed by atoms with Crippen molar-refractivity contribution >= 4 is 11.3 Å². The summed E-state index contributed by atoms with van der Waals surface area (Å²) >= 11 is 1.67. The van der Waals surface area contributed by atoms with E-state index >= 15 is 0 Å². The van der Waals surface area contributed by atoms with Gasteiger partial charge >= 0.3 is 0 Å². The van der Waals surface area contributed by atoms with Crippen LogP contribution in [0, 0.1) is 0 Å². The van der Waals surface area contributed by atoms with E-state index < -0.39 is 0 Å². The normalized spacial score (nSPS) is 23.9. The van der Waals surface area contributed by atoms with Crippen molar-refractivity contribution in [2.24, 2.45) is 5.84 Å². The predicted octanol–water partition coefficient (Wildman–Crippen LogP) is 1.09. The molecule has 1 aliphatic rings. The van der Waals surface area contributed by atoms with E-state index in [0.29, 0.717) is 0 Å². The van der Waals surface area contributed by atoms with Crippen molar-refractivity contribution in [3.8, 4) is 0 Å². The number of hydrogen-bond acceptors (Lipinski definition) is 5. The van der Waals surface area contributed by atoms with Crippen LogP contribution in [-0.4, -0.2) is 23.7 Å². The second-order valence-electron chi connectivity index (χ2n) is 3.85. The van der Waals surface area contributed by atoms with E-state index in [0.717, 1.165) is 19.4 Å². The fraction of sp³-hybridized carbons (Fsp3) is 0.700. The van der Waals surface area contributed by atoms with Crippen LogP contribution in [0.5, 0.6) is 0 Å². The number of ether oxygens (including phenoxy) is 1. The van der Waals surface area contributed by atoms with Gasteiger partial charge in [-0.3, -0.25) is 16.3 Å². The Labute approximate surface area is 93.8 Å². The van der Waals surface area contributed by atoms with Crippen LogP contribution in [0.15, 0.2) is 11.7 Å². The second kappa shape index (κ2) is 5.55. The minimum Gasteiger partial charge on any atom is -0.377 e. The van der Waals surface area contributed by atoms with Gasteiger partial charge in [0.05, 0.1) is 17.7 Å². The average Bonchev–Trinajstić information content (AvgIpc) is 2.80. The SMILES string of the molecule is NNC(Cc1cncs1)C1CCCCO1. The molecule has 1 fully saturated rings. The maximum Gasteiger partial charge on any atom is 0.0794 e. The molecule has 2 rings (SSSR count). The first-order valence-corrected chi connectivity index (χ1v) is 6.23. The van der Waals surface area contributed by atoms with Gasteiger partial charge in [-0.1, -0.05) is 0 Å². The minimum absolute atomic E-state index is 0.214. The summed E-state index contributed by atoms with van der Waals surface area (Å²) in [6, 6.07) is 0.214.